The van der Waals surface area contributed by atoms with Crippen LogP contribution in [-0.2, 0) is 6.54 Å². The predicted octanol–water partition coefficient (Wildman–Crippen LogP) is 3.34. The van der Waals surface area contributed by atoms with Crippen LogP contribution in [-0.4, -0.2) is 33.2 Å². The predicted molar refractivity (Wildman–Crippen MR) is 102 cm³/mol. The standard InChI is InChI=1S/C18H21BrN6/c1-24(12-13-5-4-7-20-10-13)17-9-16(15-6-2-3-8-21-15)23-18-14(19)11-22-25(17)18/h4-5,7,9-11,15,21H,2-3,6,8,12H2,1H3. The first-order valence-corrected chi connectivity index (χ1v) is 9.39. The number of hydrogen-bond acceptors (Lipinski definition) is 5. The number of nitrogens with zero attached hydrogens (tertiary/aromatic N) is 5. The van der Waals surface area contributed by atoms with E-state index in [1.165, 1.54) is 18.4 Å². The van der Waals surface area contributed by atoms with E-state index >= 15 is 0 Å². The molecule has 1 atom stereocenters. The summed E-state index contributed by atoms with van der Waals surface area (Å²) in [7, 11) is 2.08. The molecule has 1 unspecified atom stereocenters. The van der Waals surface area contributed by atoms with Crippen LogP contribution >= 0.6 is 15.9 Å². The summed E-state index contributed by atoms with van der Waals surface area (Å²) in [5, 5.41) is 8.09. The Balaban J connectivity index is 1.73. The molecule has 1 fully saturated rings. The second-order valence-electron chi connectivity index (χ2n) is 6.49. The Hall–Kier alpha value is -1.99. The summed E-state index contributed by atoms with van der Waals surface area (Å²) in [5.41, 5.74) is 3.11. The highest BCUT2D eigenvalue weighted by Gasteiger charge is 2.20. The minimum atomic E-state index is 0.311. The minimum Gasteiger partial charge on any atom is -0.355 e. The van der Waals surface area contributed by atoms with Gasteiger partial charge >= 0.3 is 0 Å². The zero-order valence-corrected chi connectivity index (χ0v) is 15.8. The maximum atomic E-state index is 4.86. The van der Waals surface area contributed by atoms with E-state index in [2.05, 4.69) is 55.4 Å². The summed E-state index contributed by atoms with van der Waals surface area (Å²) >= 11 is 3.58. The van der Waals surface area contributed by atoms with Gasteiger partial charge in [0.25, 0.3) is 0 Å². The molecule has 0 radical (unpaired) electrons. The highest BCUT2D eigenvalue weighted by atomic mass is 79.9. The molecule has 0 saturated carbocycles. The molecular formula is C18H21BrN6. The van der Waals surface area contributed by atoms with E-state index < -0.39 is 0 Å². The molecule has 1 aliphatic rings. The van der Waals surface area contributed by atoms with Gasteiger partial charge in [-0.25, -0.2) is 4.98 Å². The fraction of sp³-hybridized carbons (Fsp3) is 0.389. The van der Waals surface area contributed by atoms with Crippen molar-refractivity contribution in [3.63, 3.8) is 0 Å². The normalized spacial score (nSPS) is 17.8. The first-order chi connectivity index (χ1) is 12.2. The van der Waals surface area contributed by atoms with Crippen LogP contribution in [0.4, 0.5) is 5.82 Å². The van der Waals surface area contributed by atoms with E-state index in [0.717, 1.165) is 41.1 Å². The SMILES string of the molecule is CN(Cc1cccnc1)c1cc(C2CCCCN2)nc2c(Br)cnn12. The molecule has 1 N–H and O–H groups in total. The van der Waals surface area contributed by atoms with Gasteiger partial charge in [0.15, 0.2) is 5.65 Å². The highest BCUT2D eigenvalue weighted by Crippen LogP contribution is 2.28. The number of pyridine rings is 1. The molecule has 3 aromatic rings. The first-order valence-electron chi connectivity index (χ1n) is 8.60. The molecule has 4 rings (SSSR count). The van der Waals surface area contributed by atoms with Gasteiger partial charge in [-0.3, -0.25) is 4.98 Å². The maximum absolute atomic E-state index is 4.86. The Morgan fingerprint density at radius 3 is 3.04 bits per heavy atom. The van der Waals surface area contributed by atoms with Crippen molar-refractivity contribution >= 4 is 27.4 Å². The van der Waals surface area contributed by atoms with Crippen molar-refractivity contribution in [2.45, 2.75) is 31.8 Å². The monoisotopic (exact) mass is 400 g/mol. The third-order valence-electron chi connectivity index (χ3n) is 4.63. The van der Waals surface area contributed by atoms with Crippen LogP contribution in [0, 0.1) is 0 Å². The molecular weight excluding hydrogens is 380 g/mol. The van der Waals surface area contributed by atoms with Crippen molar-refractivity contribution in [2.75, 3.05) is 18.5 Å². The molecule has 0 aliphatic carbocycles. The molecule has 0 amide bonds. The van der Waals surface area contributed by atoms with E-state index in [4.69, 9.17) is 4.98 Å². The third kappa shape index (κ3) is 3.39. The summed E-state index contributed by atoms with van der Waals surface area (Å²) in [4.78, 5) is 11.3. The smallest absolute Gasteiger partial charge is 0.171 e. The largest absolute Gasteiger partial charge is 0.355 e. The van der Waals surface area contributed by atoms with Crippen LogP contribution in [0.1, 0.15) is 36.6 Å². The average molecular weight is 401 g/mol. The molecule has 130 valence electrons. The van der Waals surface area contributed by atoms with Gasteiger partial charge in [-0.05, 0) is 46.9 Å². The molecule has 4 heterocycles. The van der Waals surface area contributed by atoms with Crippen LogP contribution in [0.15, 0.2) is 41.3 Å². The highest BCUT2D eigenvalue weighted by molar-refractivity contribution is 9.10. The van der Waals surface area contributed by atoms with Crippen LogP contribution in [0.5, 0.6) is 0 Å². The number of anilines is 1. The first kappa shape index (κ1) is 16.5. The second-order valence-corrected chi connectivity index (χ2v) is 7.34. The van der Waals surface area contributed by atoms with Gasteiger partial charge in [0.05, 0.1) is 16.4 Å². The molecule has 7 heteroatoms. The van der Waals surface area contributed by atoms with Crippen molar-refractivity contribution in [2.24, 2.45) is 0 Å². The second kappa shape index (κ2) is 7.09. The van der Waals surface area contributed by atoms with Gasteiger partial charge in [-0.2, -0.15) is 9.61 Å². The number of hydrogen-bond donors (Lipinski definition) is 1. The lowest BCUT2D eigenvalue weighted by atomic mass is 10.0. The summed E-state index contributed by atoms with van der Waals surface area (Å²) < 4.78 is 2.81. The molecule has 3 aromatic heterocycles. The molecule has 0 bridgehead atoms. The van der Waals surface area contributed by atoms with Crippen LogP contribution < -0.4 is 10.2 Å². The lowest BCUT2D eigenvalue weighted by Gasteiger charge is -2.25. The molecule has 25 heavy (non-hydrogen) atoms. The molecule has 1 aliphatic heterocycles. The zero-order valence-electron chi connectivity index (χ0n) is 14.2. The van der Waals surface area contributed by atoms with Crippen molar-refractivity contribution in [1.82, 2.24) is 24.9 Å². The maximum Gasteiger partial charge on any atom is 0.171 e. The van der Waals surface area contributed by atoms with Crippen LogP contribution in [0.2, 0.25) is 0 Å². The lowest BCUT2D eigenvalue weighted by Crippen LogP contribution is -2.28. The Kier molecular flexibility index (Phi) is 4.67. The zero-order chi connectivity index (χ0) is 17.2. The fourth-order valence-electron chi connectivity index (χ4n) is 3.34. The van der Waals surface area contributed by atoms with Gasteiger partial charge in [0, 0.05) is 38.1 Å². The average Bonchev–Trinajstić information content (AvgIpc) is 3.03. The molecule has 1 saturated heterocycles. The number of halogens is 1. The summed E-state index contributed by atoms with van der Waals surface area (Å²) in [6.07, 6.45) is 9.11. The quantitative estimate of drug-likeness (QED) is 0.727. The summed E-state index contributed by atoms with van der Waals surface area (Å²) in [6.45, 7) is 1.82. The van der Waals surface area contributed by atoms with Crippen LogP contribution in [0.25, 0.3) is 5.65 Å². The van der Waals surface area contributed by atoms with Crippen molar-refractivity contribution in [1.29, 1.82) is 0 Å². The Morgan fingerprint density at radius 2 is 2.28 bits per heavy atom. The van der Waals surface area contributed by atoms with Gasteiger partial charge in [0.2, 0.25) is 0 Å². The van der Waals surface area contributed by atoms with E-state index in [1.54, 1.807) is 6.20 Å². The number of nitrogens with one attached hydrogen (secondary N) is 1. The third-order valence-corrected chi connectivity index (χ3v) is 5.19. The van der Waals surface area contributed by atoms with E-state index in [-0.39, 0.29) is 0 Å². The van der Waals surface area contributed by atoms with E-state index in [9.17, 15) is 0 Å². The molecule has 6 nitrogen and oxygen atoms in total. The number of aromatic nitrogens is 4. The Labute approximate surface area is 155 Å². The van der Waals surface area contributed by atoms with Gasteiger partial charge in [0.1, 0.15) is 5.82 Å². The van der Waals surface area contributed by atoms with E-state index in [1.807, 2.05) is 23.0 Å². The minimum absolute atomic E-state index is 0.311. The van der Waals surface area contributed by atoms with Crippen LogP contribution in [0.3, 0.4) is 0 Å². The molecule has 0 spiro atoms. The number of piperidine rings is 1. The van der Waals surface area contributed by atoms with Gasteiger partial charge < -0.3 is 10.2 Å². The van der Waals surface area contributed by atoms with Crippen molar-refractivity contribution < 1.29 is 0 Å². The van der Waals surface area contributed by atoms with Gasteiger partial charge in [-0.15, -0.1) is 0 Å². The topological polar surface area (TPSA) is 58.4 Å². The van der Waals surface area contributed by atoms with Gasteiger partial charge in [-0.1, -0.05) is 12.5 Å². The summed E-state index contributed by atoms with van der Waals surface area (Å²) in [6, 6.07) is 6.52. The van der Waals surface area contributed by atoms with Crippen molar-refractivity contribution in [3.05, 3.63) is 52.5 Å². The fourth-order valence-corrected chi connectivity index (χ4v) is 3.69. The van der Waals surface area contributed by atoms with E-state index in [0.29, 0.717) is 6.04 Å². The Bertz CT molecular complexity index is 857. The Morgan fingerprint density at radius 1 is 1.36 bits per heavy atom. The number of fused-ring (bicyclic) bond motifs is 1. The summed E-state index contributed by atoms with van der Waals surface area (Å²) in [5.74, 6) is 1.03. The lowest BCUT2D eigenvalue weighted by molar-refractivity contribution is 0.405. The number of rotatable bonds is 4. The van der Waals surface area contributed by atoms with Crippen molar-refractivity contribution in [3.8, 4) is 0 Å². The molecule has 0 aromatic carbocycles.